The molecule has 0 spiro atoms. The molecule has 186 valence electrons. The van der Waals surface area contributed by atoms with Crippen LogP contribution in [0.25, 0.3) is 0 Å². The molecular formula is C24H42Br2N2O2S2. The van der Waals surface area contributed by atoms with Gasteiger partial charge in [0.1, 0.15) is 13.1 Å². The van der Waals surface area contributed by atoms with E-state index in [1.165, 1.54) is 85.4 Å². The number of halogens is 2. The molecule has 0 saturated heterocycles. The Morgan fingerprint density at radius 2 is 0.906 bits per heavy atom. The van der Waals surface area contributed by atoms with Crippen molar-refractivity contribution in [2.24, 2.45) is 0 Å². The molecule has 8 heteroatoms. The number of rotatable bonds is 17. The summed E-state index contributed by atoms with van der Waals surface area (Å²) < 4.78 is 4.72. The van der Waals surface area contributed by atoms with Crippen LogP contribution in [0.5, 0.6) is 0 Å². The first kappa shape index (κ1) is 32.1. The van der Waals surface area contributed by atoms with Crippen LogP contribution in [0.1, 0.15) is 85.4 Å². The molecule has 0 atom stereocenters. The van der Waals surface area contributed by atoms with Crippen molar-refractivity contribution >= 4 is 22.7 Å². The second kappa shape index (κ2) is 19.4. The summed E-state index contributed by atoms with van der Waals surface area (Å²) in [6.07, 6.45) is 15.0. The van der Waals surface area contributed by atoms with Crippen LogP contribution in [0.15, 0.2) is 11.0 Å². The molecule has 0 aliphatic rings. The van der Waals surface area contributed by atoms with Crippen molar-refractivity contribution in [2.45, 2.75) is 104 Å². The highest BCUT2D eigenvalue weighted by atomic mass is 79.9. The number of aromatic nitrogens is 2. The van der Waals surface area contributed by atoms with Gasteiger partial charge in [-0.3, -0.25) is 0 Å². The Bertz CT molecular complexity index is 663. The zero-order valence-corrected chi connectivity index (χ0v) is 24.6. The van der Waals surface area contributed by atoms with Crippen molar-refractivity contribution in [2.75, 3.05) is 13.2 Å². The summed E-state index contributed by atoms with van der Waals surface area (Å²) in [5, 5.41) is 18.2. The lowest BCUT2D eigenvalue weighted by Crippen LogP contribution is -3.00. The van der Waals surface area contributed by atoms with Gasteiger partial charge in [0.15, 0.2) is 11.4 Å². The van der Waals surface area contributed by atoms with E-state index in [2.05, 4.69) is 34.0 Å². The van der Waals surface area contributed by atoms with Gasteiger partial charge in [-0.25, -0.2) is 0 Å². The van der Waals surface area contributed by atoms with E-state index in [0.29, 0.717) is 0 Å². The molecule has 0 radical (unpaired) electrons. The van der Waals surface area contributed by atoms with Crippen LogP contribution in [0.2, 0.25) is 0 Å². The van der Waals surface area contributed by atoms with Gasteiger partial charge in [0.2, 0.25) is 11.0 Å². The first-order valence-corrected chi connectivity index (χ1v) is 13.6. The van der Waals surface area contributed by atoms with Crippen LogP contribution in [-0.2, 0) is 25.9 Å². The molecule has 0 aliphatic carbocycles. The molecule has 2 rings (SSSR count). The maximum Gasteiger partial charge on any atom is 0.225 e. The van der Waals surface area contributed by atoms with Gasteiger partial charge in [0.05, 0.1) is 9.75 Å². The Morgan fingerprint density at radius 1 is 0.594 bits per heavy atom. The first-order chi connectivity index (χ1) is 14.7. The van der Waals surface area contributed by atoms with E-state index in [4.69, 9.17) is 10.2 Å². The SMILES string of the molecule is Cc1c(CCO)s[14cH][n+]1CCCCCCCCCCCC[n+]1[14cH]sc(CCO)c1C.[Br-].[Br-]. The van der Waals surface area contributed by atoms with E-state index in [1.54, 1.807) is 22.7 Å². The van der Waals surface area contributed by atoms with Crippen LogP contribution in [-0.4, -0.2) is 23.4 Å². The molecule has 0 amide bonds. The van der Waals surface area contributed by atoms with Crippen LogP contribution < -0.4 is 43.1 Å². The van der Waals surface area contributed by atoms with E-state index >= 15 is 0 Å². The average molecular weight is 619 g/mol. The number of hydrogen-bond acceptors (Lipinski definition) is 4. The molecule has 0 aromatic carbocycles. The van der Waals surface area contributed by atoms with Gasteiger partial charge in [0.25, 0.3) is 0 Å². The number of thiazole rings is 2. The van der Waals surface area contributed by atoms with Crippen LogP contribution in [0, 0.1) is 13.8 Å². The zero-order chi connectivity index (χ0) is 21.6. The molecule has 0 saturated carbocycles. The average Bonchev–Trinajstić information content (AvgIpc) is 3.26. The summed E-state index contributed by atoms with van der Waals surface area (Å²) in [4.78, 5) is 2.65. The third-order valence-corrected chi connectivity index (χ3v) is 8.33. The molecule has 2 heterocycles. The molecule has 32 heavy (non-hydrogen) atoms. The molecular weight excluding hydrogens is 576 g/mol. The third kappa shape index (κ3) is 11.5. The second-order valence-corrected chi connectivity index (χ2v) is 10.2. The van der Waals surface area contributed by atoms with E-state index in [1.807, 2.05) is 0 Å². The molecule has 4 nitrogen and oxygen atoms in total. The maximum absolute atomic E-state index is 9.09. The topological polar surface area (TPSA) is 48.2 Å². The smallest absolute Gasteiger partial charge is 0.225 e. The number of nitrogens with zero attached hydrogens (tertiary/aromatic N) is 2. The standard InChI is InChI=1S/C24H42N2O2S2.2BrH/c1-21-23(13-17-27)29-19-25(21)15-11-9-7-5-3-4-6-8-10-12-16-26-20-30-24(14-18-28)22(26)2;;/h19-20,27-28H,3-18H2,1-2H3;2*1H/q+2;;/p-2/i19+2,20+2;;. The Morgan fingerprint density at radius 3 is 1.22 bits per heavy atom. The number of aliphatic hydroxyl groups excluding tert-OH is 2. The van der Waals surface area contributed by atoms with Crippen molar-refractivity contribution < 1.29 is 53.3 Å². The predicted molar refractivity (Wildman–Crippen MR) is 126 cm³/mol. The van der Waals surface area contributed by atoms with Gasteiger partial charge in [-0.2, -0.15) is 9.13 Å². The summed E-state index contributed by atoms with van der Waals surface area (Å²) in [5.74, 6) is 0. The highest BCUT2D eigenvalue weighted by Gasteiger charge is 2.14. The fraction of sp³-hybridized carbons (Fsp3) is 0.750. The Hall–Kier alpha value is 0.140. The number of unbranched alkanes of at least 4 members (excludes halogenated alkanes) is 9. The van der Waals surface area contributed by atoms with Crippen LogP contribution >= 0.6 is 22.7 Å². The quantitative estimate of drug-likeness (QED) is 0.171. The monoisotopic (exact) mass is 616 g/mol. The highest BCUT2D eigenvalue weighted by molar-refractivity contribution is 7.09. The fourth-order valence-corrected chi connectivity index (χ4v) is 6.04. The molecule has 0 bridgehead atoms. The van der Waals surface area contributed by atoms with Gasteiger partial charge < -0.3 is 44.2 Å². The van der Waals surface area contributed by atoms with E-state index < -0.39 is 0 Å². The normalized spacial score (nSPS) is 10.8. The molecule has 2 aromatic heterocycles. The largest absolute Gasteiger partial charge is 1.00 e. The lowest BCUT2D eigenvalue weighted by Gasteiger charge is -2.02. The minimum absolute atomic E-state index is 0. The van der Waals surface area contributed by atoms with Crippen molar-refractivity contribution in [1.82, 2.24) is 0 Å². The predicted octanol–water partition coefficient (Wildman–Crippen LogP) is -1.32. The van der Waals surface area contributed by atoms with Gasteiger partial charge >= 0.3 is 0 Å². The van der Waals surface area contributed by atoms with Crippen LogP contribution in [0.4, 0.5) is 0 Å². The lowest BCUT2D eigenvalue weighted by atomic mass is 10.1. The molecule has 0 fully saturated rings. The van der Waals surface area contributed by atoms with E-state index in [0.717, 1.165) is 25.9 Å². The lowest BCUT2D eigenvalue weighted by molar-refractivity contribution is -0.698. The molecule has 0 aliphatic heterocycles. The maximum atomic E-state index is 9.09. The third-order valence-electron chi connectivity index (χ3n) is 6.04. The number of aryl methyl sites for hydroxylation is 2. The van der Waals surface area contributed by atoms with Crippen LogP contribution in [0.3, 0.4) is 0 Å². The van der Waals surface area contributed by atoms with Gasteiger partial charge in [0, 0.05) is 52.7 Å². The first-order valence-electron chi connectivity index (χ1n) is 11.8. The van der Waals surface area contributed by atoms with Crippen molar-refractivity contribution in [3.8, 4) is 0 Å². The number of hydrogen-bond donors (Lipinski definition) is 2. The summed E-state index contributed by atoms with van der Waals surface area (Å²) >= 11 is 3.56. The summed E-state index contributed by atoms with van der Waals surface area (Å²) in [6.45, 7) is 7.10. The highest BCUT2D eigenvalue weighted by Crippen LogP contribution is 2.14. The minimum Gasteiger partial charge on any atom is -1.00 e. The Kier molecular flexibility index (Phi) is 19.5. The van der Waals surface area contributed by atoms with Gasteiger partial charge in [-0.05, 0) is 12.8 Å². The van der Waals surface area contributed by atoms with Crippen molar-refractivity contribution in [1.29, 1.82) is 0 Å². The van der Waals surface area contributed by atoms with E-state index in [9.17, 15) is 0 Å². The van der Waals surface area contributed by atoms with E-state index in [-0.39, 0.29) is 47.2 Å². The zero-order valence-electron chi connectivity index (χ0n) is 19.8. The minimum atomic E-state index is 0. The Labute approximate surface area is 224 Å². The summed E-state index contributed by atoms with van der Waals surface area (Å²) in [6, 6.07) is 0. The fourth-order valence-electron chi connectivity index (χ4n) is 4.01. The second-order valence-electron chi connectivity index (χ2n) is 8.33. The molecule has 2 aromatic rings. The Balaban J connectivity index is 0.00000480. The van der Waals surface area contributed by atoms with Gasteiger partial charge in [-0.15, -0.1) is 0 Å². The van der Waals surface area contributed by atoms with Gasteiger partial charge in [-0.1, -0.05) is 61.2 Å². The molecule has 2 N–H and O–H groups in total. The number of aliphatic hydroxyl groups is 2. The summed E-state index contributed by atoms with van der Waals surface area (Å²) in [5.41, 5.74) is 7.11. The molecule has 0 unspecified atom stereocenters. The van der Waals surface area contributed by atoms with Crippen molar-refractivity contribution in [3.63, 3.8) is 0 Å². The van der Waals surface area contributed by atoms with Crippen molar-refractivity contribution in [3.05, 3.63) is 32.2 Å². The summed E-state index contributed by atoms with van der Waals surface area (Å²) in [7, 11) is 0.